The molecule has 0 saturated heterocycles. The van der Waals surface area contributed by atoms with Crippen LogP contribution < -0.4 is 15.4 Å². The third-order valence-electron chi connectivity index (χ3n) is 1.70. The Morgan fingerprint density at radius 2 is 2.19 bits per heavy atom. The summed E-state index contributed by atoms with van der Waals surface area (Å²) in [6.07, 6.45) is 0. The summed E-state index contributed by atoms with van der Waals surface area (Å²) in [5, 5.41) is 4.53. The lowest BCUT2D eigenvalue weighted by molar-refractivity contribution is -0.117. The molecule has 1 aromatic rings. The number of urea groups is 1. The molecule has 0 heterocycles. The van der Waals surface area contributed by atoms with E-state index in [1.54, 1.807) is 24.3 Å². The molecule has 0 atom stereocenters. The molecule has 0 unspecified atom stereocenters. The van der Waals surface area contributed by atoms with Crippen molar-refractivity contribution in [3.05, 3.63) is 24.3 Å². The zero-order valence-corrected chi connectivity index (χ0v) is 9.38. The minimum absolute atomic E-state index is 0.258. The Morgan fingerprint density at radius 1 is 1.44 bits per heavy atom. The third kappa shape index (κ3) is 3.78. The molecule has 6 heteroatoms. The molecule has 0 aromatic heterocycles. The standard InChI is InChI=1S/C10H11ClN2O3/c1-16-8-4-2-3-7(5-8)12-10(15)13-9(14)6-11/h2-5H,6H2,1H3,(H2,12,13,14,15). The lowest BCUT2D eigenvalue weighted by atomic mass is 10.3. The van der Waals surface area contributed by atoms with Crippen molar-refractivity contribution in [2.45, 2.75) is 0 Å². The number of imide groups is 1. The normalized spacial score (nSPS) is 9.38. The molecule has 3 amide bonds. The van der Waals surface area contributed by atoms with Crippen LogP contribution in [0.25, 0.3) is 0 Å². The predicted molar refractivity (Wildman–Crippen MR) is 60.9 cm³/mol. The van der Waals surface area contributed by atoms with E-state index < -0.39 is 11.9 Å². The van der Waals surface area contributed by atoms with Crippen molar-refractivity contribution in [2.24, 2.45) is 0 Å². The third-order valence-corrected chi connectivity index (χ3v) is 1.94. The van der Waals surface area contributed by atoms with Crippen molar-refractivity contribution >= 4 is 29.2 Å². The molecule has 1 rings (SSSR count). The summed E-state index contributed by atoms with van der Waals surface area (Å²) < 4.78 is 4.98. The van der Waals surface area contributed by atoms with E-state index in [1.165, 1.54) is 7.11 Å². The number of carbonyl (C=O) groups is 2. The molecule has 0 bridgehead atoms. The maximum atomic E-state index is 11.2. The Labute approximate surface area is 97.7 Å². The topological polar surface area (TPSA) is 67.4 Å². The van der Waals surface area contributed by atoms with Crippen LogP contribution in [0.2, 0.25) is 0 Å². The maximum absolute atomic E-state index is 11.2. The van der Waals surface area contributed by atoms with Gasteiger partial charge in [0.15, 0.2) is 0 Å². The molecule has 0 fully saturated rings. The lowest BCUT2D eigenvalue weighted by Gasteiger charge is -2.06. The smallest absolute Gasteiger partial charge is 0.325 e. The van der Waals surface area contributed by atoms with E-state index in [2.05, 4.69) is 10.6 Å². The van der Waals surface area contributed by atoms with Gasteiger partial charge in [-0.25, -0.2) is 4.79 Å². The molecule has 0 spiro atoms. The second kappa shape index (κ2) is 5.97. The largest absolute Gasteiger partial charge is 0.497 e. The number of amides is 3. The molecule has 2 N–H and O–H groups in total. The van der Waals surface area contributed by atoms with E-state index >= 15 is 0 Å². The number of hydrogen-bond acceptors (Lipinski definition) is 3. The highest BCUT2D eigenvalue weighted by atomic mass is 35.5. The molecule has 0 aliphatic heterocycles. The quantitative estimate of drug-likeness (QED) is 0.791. The van der Waals surface area contributed by atoms with E-state index in [9.17, 15) is 9.59 Å². The Bertz CT molecular complexity index is 395. The van der Waals surface area contributed by atoms with Crippen molar-refractivity contribution in [3.63, 3.8) is 0 Å². The maximum Gasteiger partial charge on any atom is 0.325 e. The number of hydrogen-bond donors (Lipinski definition) is 2. The predicted octanol–water partition coefficient (Wildman–Crippen LogP) is 1.58. The highest BCUT2D eigenvalue weighted by molar-refractivity contribution is 6.28. The fraction of sp³-hybridized carbons (Fsp3) is 0.200. The van der Waals surface area contributed by atoms with Gasteiger partial charge in [-0.2, -0.15) is 0 Å². The van der Waals surface area contributed by atoms with Gasteiger partial charge in [0, 0.05) is 11.8 Å². The highest BCUT2D eigenvalue weighted by Crippen LogP contribution is 2.16. The van der Waals surface area contributed by atoms with Crippen LogP contribution in [0, 0.1) is 0 Å². The lowest BCUT2D eigenvalue weighted by Crippen LogP contribution is -2.35. The van der Waals surface area contributed by atoms with Crippen molar-refractivity contribution < 1.29 is 14.3 Å². The molecule has 16 heavy (non-hydrogen) atoms. The molecule has 0 radical (unpaired) electrons. The van der Waals surface area contributed by atoms with Gasteiger partial charge in [0.05, 0.1) is 7.11 Å². The van der Waals surface area contributed by atoms with Crippen LogP contribution in [-0.2, 0) is 4.79 Å². The summed E-state index contributed by atoms with van der Waals surface area (Å²) in [5.74, 6) is -0.200. The summed E-state index contributed by atoms with van der Waals surface area (Å²) in [5.41, 5.74) is 0.527. The first-order valence-corrected chi connectivity index (χ1v) is 5.00. The minimum Gasteiger partial charge on any atom is -0.497 e. The van der Waals surface area contributed by atoms with Gasteiger partial charge in [0.25, 0.3) is 0 Å². The van der Waals surface area contributed by atoms with Gasteiger partial charge < -0.3 is 10.1 Å². The van der Waals surface area contributed by atoms with Crippen LogP contribution in [0.3, 0.4) is 0 Å². The van der Waals surface area contributed by atoms with Gasteiger partial charge in [-0.15, -0.1) is 11.6 Å². The Balaban J connectivity index is 2.59. The van der Waals surface area contributed by atoms with Crippen LogP contribution in [0.15, 0.2) is 24.3 Å². The second-order valence-electron chi connectivity index (χ2n) is 2.87. The van der Waals surface area contributed by atoms with E-state index in [-0.39, 0.29) is 5.88 Å². The fourth-order valence-electron chi connectivity index (χ4n) is 1.02. The summed E-state index contributed by atoms with van der Waals surface area (Å²) in [6, 6.07) is 6.14. The molecule has 1 aromatic carbocycles. The number of halogens is 1. The average Bonchev–Trinajstić information content (AvgIpc) is 2.28. The molecule has 86 valence electrons. The number of methoxy groups -OCH3 is 1. The molecular formula is C10H11ClN2O3. The molecule has 0 saturated carbocycles. The fourth-order valence-corrected chi connectivity index (χ4v) is 1.09. The first kappa shape index (κ1) is 12.3. The van der Waals surface area contributed by atoms with Gasteiger partial charge in [-0.1, -0.05) is 6.07 Å². The zero-order chi connectivity index (χ0) is 12.0. The van der Waals surface area contributed by atoms with Crippen molar-refractivity contribution in [1.29, 1.82) is 0 Å². The number of ether oxygens (including phenoxy) is 1. The Kier molecular flexibility index (Phi) is 4.60. The van der Waals surface area contributed by atoms with Gasteiger partial charge in [0.2, 0.25) is 5.91 Å². The van der Waals surface area contributed by atoms with Gasteiger partial charge in [-0.3, -0.25) is 10.1 Å². The first-order valence-electron chi connectivity index (χ1n) is 4.46. The SMILES string of the molecule is COc1cccc(NC(=O)NC(=O)CCl)c1. The highest BCUT2D eigenvalue weighted by Gasteiger charge is 2.06. The van der Waals surface area contributed by atoms with Gasteiger partial charge in [0.1, 0.15) is 11.6 Å². The molecular weight excluding hydrogens is 232 g/mol. The zero-order valence-electron chi connectivity index (χ0n) is 8.62. The average molecular weight is 243 g/mol. The monoisotopic (exact) mass is 242 g/mol. The van der Waals surface area contributed by atoms with Crippen LogP contribution >= 0.6 is 11.6 Å². The van der Waals surface area contributed by atoms with Gasteiger partial charge in [-0.05, 0) is 12.1 Å². The van der Waals surface area contributed by atoms with Crippen molar-refractivity contribution in [1.82, 2.24) is 5.32 Å². The molecule has 0 aliphatic carbocycles. The summed E-state index contributed by atoms with van der Waals surface area (Å²) in [7, 11) is 1.52. The van der Waals surface area contributed by atoms with Crippen LogP contribution in [0.1, 0.15) is 0 Å². The summed E-state index contributed by atoms with van der Waals surface area (Å²) >= 11 is 5.23. The van der Waals surface area contributed by atoms with Crippen LogP contribution in [0.4, 0.5) is 10.5 Å². The minimum atomic E-state index is -0.626. The number of carbonyl (C=O) groups excluding carboxylic acids is 2. The van der Waals surface area contributed by atoms with Gasteiger partial charge >= 0.3 is 6.03 Å². The number of alkyl halides is 1. The van der Waals surface area contributed by atoms with E-state index in [4.69, 9.17) is 16.3 Å². The van der Waals surface area contributed by atoms with Crippen molar-refractivity contribution in [2.75, 3.05) is 18.3 Å². The molecule has 5 nitrogen and oxygen atoms in total. The number of benzene rings is 1. The summed E-state index contributed by atoms with van der Waals surface area (Å²) in [4.78, 5) is 22.0. The van der Waals surface area contributed by atoms with Crippen LogP contribution in [-0.4, -0.2) is 24.9 Å². The first-order chi connectivity index (χ1) is 7.65. The second-order valence-corrected chi connectivity index (χ2v) is 3.14. The van der Waals surface area contributed by atoms with Crippen molar-refractivity contribution in [3.8, 4) is 5.75 Å². The number of anilines is 1. The van der Waals surface area contributed by atoms with E-state index in [0.29, 0.717) is 11.4 Å². The Hall–Kier alpha value is -1.75. The van der Waals surface area contributed by atoms with Crippen LogP contribution in [0.5, 0.6) is 5.75 Å². The number of rotatable bonds is 3. The summed E-state index contributed by atoms with van der Waals surface area (Å²) in [6.45, 7) is 0. The van der Waals surface area contributed by atoms with E-state index in [0.717, 1.165) is 0 Å². The van der Waals surface area contributed by atoms with E-state index in [1.807, 2.05) is 0 Å². The Morgan fingerprint density at radius 3 is 2.81 bits per heavy atom. The molecule has 0 aliphatic rings. The number of nitrogens with one attached hydrogen (secondary N) is 2.